The van der Waals surface area contributed by atoms with Crippen LogP contribution in [0.25, 0.3) is 0 Å². The minimum absolute atomic E-state index is 0.0101. The largest absolute Gasteiger partial charge is 0.348 e. The van der Waals surface area contributed by atoms with E-state index in [-0.39, 0.29) is 22.9 Å². The summed E-state index contributed by atoms with van der Waals surface area (Å²) in [5.74, 6) is 0.507. The molecule has 2 aromatic carbocycles. The molecule has 2 atom stereocenters. The molecule has 1 amide bonds. The molecule has 0 bridgehead atoms. The molecule has 1 aliphatic carbocycles. The molecule has 1 N–H and O–H groups in total. The second-order valence-electron chi connectivity index (χ2n) is 6.25. The Kier molecular flexibility index (Phi) is 5.38. The number of nitrogens with zero attached hydrogens (tertiary/aromatic N) is 1. The van der Waals surface area contributed by atoms with Crippen LogP contribution >= 0.6 is 11.8 Å². The molecule has 25 heavy (non-hydrogen) atoms. The Morgan fingerprint density at radius 2 is 1.80 bits per heavy atom. The Bertz CT molecular complexity index is 745. The molecular formula is C19H20N2O3S. The number of thioether (sulfide) groups is 1. The van der Waals surface area contributed by atoms with Gasteiger partial charge in [-0.2, -0.15) is 0 Å². The molecular weight excluding hydrogens is 336 g/mol. The molecule has 0 aliphatic heterocycles. The van der Waals surface area contributed by atoms with Gasteiger partial charge < -0.3 is 5.32 Å². The first kappa shape index (κ1) is 17.5. The SMILES string of the molecule is CC(Sc1ccc([N+](=O)[O-])cc1)C(=O)NC(c1ccccc1)C1CC1. The van der Waals surface area contributed by atoms with Gasteiger partial charge in [0.25, 0.3) is 5.69 Å². The third kappa shape index (κ3) is 4.60. The van der Waals surface area contributed by atoms with Crippen LogP contribution in [-0.2, 0) is 4.79 Å². The van der Waals surface area contributed by atoms with Crippen LogP contribution in [0.4, 0.5) is 5.69 Å². The molecule has 0 heterocycles. The summed E-state index contributed by atoms with van der Waals surface area (Å²) < 4.78 is 0. The number of non-ortho nitro benzene ring substituents is 1. The van der Waals surface area contributed by atoms with E-state index in [1.54, 1.807) is 12.1 Å². The number of benzene rings is 2. The number of hydrogen-bond donors (Lipinski definition) is 1. The van der Waals surface area contributed by atoms with Crippen molar-refractivity contribution in [2.24, 2.45) is 5.92 Å². The molecule has 0 radical (unpaired) electrons. The molecule has 0 saturated heterocycles. The second-order valence-corrected chi connectivity index (χ2v) is 7.66. The van der Waals surface area contributed by atoms with Crippen LogP contribution in [-0.4, -0.2) is 16.1 Å². The molecule has 6 heteroatoms. The quantitative estimate of drug-likeness (QED) is 0.455. The third-order valence-electron chi connectivity index (χ3n) is 4.28. The summed E-state index contributed by atoms with van der Waals surface area (Å²) in [4.78, 5) is 23.7. The van der Waals surface area contributed by atoms with Crippen LogP contribution < -0.4 is 5.32 Å². The Morgan fingerprint density at radius 1 is 1.16 bits per heavy atom. The predicted octanol–water partition coefficient (Wildman–Crippen LogP) is 4.34. The monoisotopic (exact) mass is 356 g/mol. The Labute approximate surface area is 151 Å². The molecule has 1 fully saturated rings. The fourth-order valence-electron chi connectivity index (χ4n) is 2.74. The van der Waals surface area contributed by atoms with Gasteiger partial charge >= 0.3 is 0 Å². The topological polar surface area (TPSA) is 72.2 Å². The first-order chi connectivity index (χ1) is 12.0. The van der Waals surface area contributed by atoms with Crippen LogP contribution in [0.5, 0.6) is 0 Å². The van der Waals surface area contributed by atoms with Gasteiger partial charge in [0.1, 0.15) is 0 Å². The second kappa shape index (κ2) is 7.70. The van der Waals surface area contributed by atoms with E-state index >= 15 is 0 Å². The highest BCUT2D eigenvalue weighted by Gasteiger charge is 2.34. The highest BCUT2D eigenvalue weighted by Crippen LogP contribution is 2.41. The number of amides is 1. The number of hydrogen-bond acceptors (Lipinski definition) is 4. The zero-order valence-electron chi connectivity index (χ0n) is 13.9. The van der Waals surface area contributed by atoms with E-state index < -0.39 is 4.92 Å². The normalized spacial score (nSPS) is 16.0. The van der Waals surface area contributed by atoms with Crippen LogP contribution in [0.3, 0.4) is 0 Å². The van der Waals surface area contributed by atoms with Crippen LogP contribution in [0, 0.1) is 16.0 Å². The van der Waals surface area contributed by atoms with Crippen LogP contribution in [0.15, 0.2) is 59.5 Å². The zero-order valence-corrected chi connectivity index (χ0v) is 14.7. The lowest BCUT2D eigenvalue weighted by molar-refractivity contribution is -0.384. The number of carbonyl (C=O) groups is 1. The summed E-state index contributed by atoms with van der Waals surface area (Å²) in [5.41, 5.74) is 1.20. The average molecular weight is 356 g/mol. The van der Waals surface area contributed by atoms with E-state index in [1.165, 1.54) is 23.9 Å². The molecule has 2 aromatic rings. The summed E-state index contributed by atoms with van der Waals surface area (Å²) in [6.45, 7) is 1.86. The van der Waals surface area contributed by atoms with Gasteiger partial charge in [-0.25, -0.2) is 0 Å². The minimum Gasteiger partial charge on any atom is -0.348 e. The number of nitrogens with one attached hydrogen (secondary N) is 1. The van der Waals surface area contributed by atoms with E-state index in [0.717, 1.165) is 23.3 Å². The summed E-state index contributed by atoms with van der Waals surface area (Å²) in [5, 5.41) is 13.6. The Balaban J connectivity index is 1.62. The summed E-state index contributed by atoms with van der Waals surface area (Å²) in [6.07, 6.45) is 2.29. The highest BCUT2D eigenvalue weighted by atomic mass is 32.2. The molecule has 1 saturated carbocycles. The summed E-state index contributed by atoms with van der Waals surface area (Å²) >= 11 is 1.41. The van der Waals surface area contributed by atoms with Crippen molar-refractivity contribution < 1.29 is 9.72 Å². The van der Waals surface area contributed by atoms with E-state index in [1.807, 2.05) is 25.1 Å². The summed E-state index contributed by atoms with van der Waals surface area (Å²) in [6, 6.07) is 16.4. The van der Waals surface area contributed by atoms with Crippen molar-refractivity contribution in [2.45, 2.75) is 36.0 Å². The van der Waals surface area contributed by atoms with Gasteiger partial charge in [-0.1, -0.05) is 30.3 Å². The van der Waals surface area contributed by atoms with Crippen molar-refractivity contribution in [1.29, 1.82) is 0 Å². The predicted molar refractivity (Wildman–Crippen MR) is 98.5 cm³/mol. The molecule has 1 aliphatic rings. The van der Waals surface area contributed by atoms with Crippen molar-refractivity contribution in [3.8, 4) is 0 Å². The molecule has 0 spiro atoms. The van der Waals surface area contributed by atoms with Crippen molar-refractivity contribution >= 4 is 23.4 Å². The Hall–Kier alpha value is -2.34. The number of nitro benzene ring substituents is 1. The average Bonchev–Trinajstić information content (AvgIpc) is 3.45. The first-order valence-electron chi connectivity index (χ1n) is 8.31. The smallest absolute Gasteiger partial charge is 0.269 e. The molecule has 3 rings (SSSR count). The summed E-state index contributed by atoms with van der Waals surface area (Å²) in [7, 11) is 0. The Morgan fingerprint density at radius 3 is 2.36 bits per heavy atom. The fraction of sp³-hybridized carbons (Fsp3) is 0.316. The van der Waals surface area contributed by atoms with Crippen molar-refractivity contribution in [3.05, 3.63) is 70.3 Å². The minimum atomic E-state index is -0.426. The lowest BCUT2D eigenvalue weighted by Gasteiger charge is -2.21. The lowest BCUT2D eigenvalue weighted by atomic mass is 10.0. The maximum absolute atomic E-state index is 12.6. The first-order valence-corrected chi connectivity index (χ1v) is 9.19. The van der Waals surface area contributed by atoms with Gasteiger partial charge in [0.05, 0.1) is 16.2 Å². The highest BCUT2D eigenvalue weighted by molar-refractivity contribution is 8.00. The van der Waals surface area contributed by atoms with Gasteiger partial charge in [-0.3, -0.25) is 14.9 Å². The molecule has 130 valence electrons. The van der Waals surface area contributed by atoms with Gasteiger partial charge in [0.15, 0.2) is 0 Å². The van der Waals surface area contributed by atoms with E-state index in [9.17, 15) is 14.9 Å². The van der Waals surface area contributed by atoms with Crippen LogP contribution in [0.2, 0.25) is 0 Å². The van der Waals surface area contributed by atoms with Gasteiger partial charge in [0.2, 0.25) is 5.91 Å². The lowest BCUT2D eigenvalue weighted by Crippen LogP contribution is -2.35. The van der Waals surface area contributed by atoms with Crippen molar-refractivity contribution in [3.63, 3.8) is 0 Å². The van der Waals surface area contributed by atoms with Gasteiger partial charge in [-0.15, -0.1) is 11.8 Å². The number of carbonyl (C=O) groups excluding carboxylic acids is 1. The molecule has 2 unspecified atom stereocenters. The number of nitro groups is 1. The maximum Gasteiger partial charge on any atom is 0.269 e. The van der Waals surface area contributed by atoms with E-state index in [2.05, 4.69) is 17.4 Å². The molecule has 5 nitrogen and oxygen atoms in total. The van der Waals surface area contributed by atoms with E-state index in [0.29, 0.717) is 5.92 Å². The van der Waals surface area contributed by atoms with E-state index in [4.69, 9.17) is 0 Å². The van der Waals surface area contributed by atoms with Crippen molar-refractivity contribution in [1.82, 2.24) is 5.32 Å². The van der Waals surface area contributed by atoms with Crippen molar-refractivity contribution in [2.75, 3.05) is 0 Å². The molecule has 0 aromatic heterocycles. The third-order valence-corrected chi connectivity index (χ3v) is 5.39. The number of rotatable bonds is 7. The van der Waals surface area contributed by atoms with Gasteiger partial charge in [-0.05, 0) is 43.4 Å². The van der Waals surface area contributed by atoms with Gasteiger partial charge in [0, 0.05) is 17.0 Å². The standard InChI is InChI=1S/C19H20N2O3S/c1-13(25-17-11-9-16(10-12-17)21(23)24)19(22)20-18(15-7-8-15)14-5-3-2-4-6-14/h2-6,9-13,15,18H,7-8H2,1H3,(H,20,22). The fourth-order valence-corrected chi connectivity index (χ4v) is 3.61. The van der Waals surface area contributed by atoms with Crippen LogP contribution in [0.1, 0.15) is 31.4 Å². The zero-order chi connectivity index (χ0) is 17.8. The maximum atomic E-state index is 12.6.